The maximum absolute atomic E-state index is 13.0. The van der Waals surface area contributed by atoms with Crippen molar-refractivity contribution >= 4 is 38.5 Å². The molecule has 1 aromatic heterocycles. The predicted molar refractivity (Wildman–Crippen MR) is 120 cm³/mol. The number of nitrogens with one attached hydrogen (secondary N) is 2. The van der Waals surface area contributed by atoms with Gasteiger partial charge in [-0.15, -0.1) is 0 Å². The molecule has 0 radical (unpaired) electrons. The molecule has 32 heavy (non-hydrogen) atoms. The van der Waals surface area contributed by atoms with Crippen LogP contribution in [0.2, 0.25) is 0 Å². The molecule has 0 bridgehead atoms. The van der Waals surface area contributed by atoms with E-state index in [-0.39, 0.29) is 28.6 Å². The van der Waals surface area contributed by atoms with Gasteiger partial charge in [-0.25, -0.2) is 13.2 Å². The summed E-state index contributed by atoms with van der Waals surface area (Å²) in [5.74, 6) is -1.19. The van der Waals surface area contributed by atoms with Crippen molar-refractivity contribution in [2.45, 2.75) is 38.1 Å². The molecule has 1 amide bonds. The van der Waals surface area contributed by atoms with Crippen LogP contribution in [0.15, 0.2) is 56.6 Å². The summed E-state index contributed by atoms with van der Waals surface area (Å²) >= 11 is 0. The second kappa shape index (κ2) is 9.09. The summed E-state index contributed by atoms with van der Waals surface area (Å²) in [6.45, 7) is 5.20. The summed E-state index contributed by atoms with van der Waals surface area (Å²) in [4.78, 5) is 35.8. The Balaban J connectivity index is 1.84. The molecule has 0 aliphatic heterocycles. The summed E-state index contributed by atoms with van der Waals surface area (Å²) in [6.07, 6.45) is 0.263. The normalized spacial score (nSPS) is 12.8. The molecule has 10 heteroatoms. The quantitative estimate of drug-likeness (QED) is 0.499. The van der Waals surface area contributed by atoms with Crippen LogP contribution in [0.1, 0.15) is 37.6 Å². The first kappa shape index (κ1) is 23.4. The van der Waals surface area contributed by atoms with Crippen molar-refractivity contribution in [3.8, 4) is 0 Å². The smallest absolute Gasteiger partial charge is 0.408 e. The van der Waals surface area contributed by atoms with Gasteiger partial charge in [-0.05, 0) is 55.7 Å². The minimum Gasteiger partial charge on any atom is -0.408 e. The van der Waals surface area contributed by atoms with Crippen LogP contribution in [0.25, 0.3) is 11.1 Å². The number of hydrogen-bond donors (Lipinski definition) is 2. The van der Waals surface area contributed by atoms with Gasteiger partial charge < -0.3 is 9.73 Å². The summed E-state index contributed by atoms with van der Waals surface area (Å²) in [6, 6.07) is 9.38. The van der Waals surface area contributed by atoms with Crippen molar-refractivity contribution in [3.63, 3.8) is 0 Å². The zero-order valence-electron chi connectivity index (χ0n) is 18.2. The van der Waals surface area contributed by atoms with E-state index >= 15 is 0 Å². The van der Waals surface area contributed by atoms with E-state index in [0.717, 1.165) is 0 Å². The minimum atomic E-state index is -4.08. The van der Waals surface area contributed by atoms with Crippen molar-refractivity contribution in [1.29, 1.82) is 0 Å². The van der Waals surface area contributed by atoms with Gasteiger partial charge in [-0.1, -0.05) is 13.8 Å². The number of oxazole rings is 1. The number of ketones is 1. The fourth-order valence-corrected chi connectivity index (χ4v) is 4.46. The van der Waals surface area contributed by atoms with Crippen LogP contribution in [0, 0.1) is 5.92 Å². The van der Waals surface area contributed by atoms with Gasteiger partial charge in [0.25, 0.3) is 0 Å². The topological polar surface area (TPSA) is 127 Å². The number of Topliss-reactive ketones (excluding diaryl/α,β-unsaturated/α-hetero) is 1. The van der Waals surface area contributed by atoms with Gasteiger partial charge >= 0.3 is 5.76 Å². The number of nitrogens with zero attached hydrogens (tertiary/aromatic N) is 1. The number of aromatic nitrogens is 1. The number of benzene rings is 2. The van der Waals surface area contributed by atoms with E-state index in [2.05, 4.69) is 10.0 Å². The second-order valence-corrected chi connectivity index (χ2v) is 9.70. The van der Waals surface area contributed by atoms with E-state index in [9.17, 15) is 22.8 Å². The summed E-state index contributed by atoms with van der Waals surface area (Å²) < 4.78 is 34.8. The van der Waals surface area contributed by atoms with E-state index in [1.54, 1.807) is 24.3 Å². The molecule has 0 saturated carbocycles. The lowest BCUT2D eigenvalue weighted by molar-refractivity contribution is -0.118. The molecular formula is C22H25N3O6S. The molecular weight excluding hydrogens is 434 g/mol. The van der Waals surface area contributed by atoms with Gasteiger partial charge in [0.1, 0.15) is 6.04 Å². The van der Waals surface area contributed by atoms with Gasteiger partial charge in [0.15, 0.2) is 11.4 Å². The van der Waals surface area contributed by atoms with Crippen LogP contribution in [0.4, 0.5) is 5.69 Å². The largest absolute Gasteiger partial charge is 0.419 e. The van der Waals surface area contributed by atoms with Crippen molar-refractivity contribution in [2.75, 3.05) is 5.32 Å². The van der Waals surface area contributed by atoms with Crippen molar-refractivity contribution in [2.24, 2.45) is 13.0 Å². The Hall–Kier alpha value is -3.24. The molecule has 1 unspecified atom stereocenters. The van der Waals surface area contributed by atoms with E-state index < -0.39 is 27.7 Å². The lowest BCUT2D eigenvalue weighted by atomic mass is 10.0. The third kappa shape index (κ3) is 5.14. The Labute approximate surface area is 185 Å². The Bertz CT molecular complexity index is 1320. The number of aryl methyl sites for hydroxylation is 1. The highest BCUT2D eigenvalue weighted by Gasteiger charge is 2.27. The van der Waals surface area contributed by atoms with Gasteiger partial charge in [0, 0.05) is 24.4 Å². The van der Waals surface area contributed by atoms with Gasteiger partial charge in [-0.3, -0.25) is 14.2 Å². The number of carbonyl (C=O) groups is 2. The average molecular weight is 460 g/mol. The molecule has 0 saturated heterocycles. The summed E-state index contributed by atoms with van der Waals surface area (Å²) in [5.41, 5.74) is 1.54. The molecule has 0 fully saturated rings. The van der Waals surface area contributed by atoms with Crippen LogP contribution < -0.4 is 15.8 Å². The zero-order chi connectivity index (χ0) is 23.6. The van der Waals surface area contributed by atoms with Crippen LogP contribution >= 0.6 is 0 Å². The highest BCUT2D eigenvalue weighted by molar-refractivity contribution is 7.89. The van der Waals surface area contributed by atoms with Gasteiger partial charge in [0.2, 0.25) is 15.9 Å². The molecule has 3 aromatic rings. The fraction of sp³-hybridized carbons (Fsp3) is 0.318. The highest BCUT2D eigenvalue weighted by atomic mass is 32.2. The van der Waals surface area contributed by atoms with Crippen molar-refractivity contribution < 1.29 is 22.4 Å². The third-order valence-corrected chi connectivity index (χ3v) is 6.42. The zero-order valence-corrected chi connectivity index (χ0v) is 19.0. The number of anilines is 1. The first-order valence-electron chi connectivity index (χ1n) is 10.0. The van der Waals surface area contributed by atoms with Crippen LogP contribution in [-0.2, 0) is 21.9 Å². The third-order valence-electron chi connectivity index (χ3n) is 4.95. The first-order chi connectivity index (χ1) is 15.0. The van der Waals surface area contributed by atoms with Crippen LogP contribution in [0.5, 0.6) is 0 Å². The van der Waals surface area contributed by atoms with Crippen molar-refractivity contribution in [3.05, 3.63) is 58.6 Å². The number of carbonyl (C=O) groups excluding carboxylic acids is 2. The van der Waals surface area contributed by atoms with Gasteiger partial charge in [0.05, 0.1) is 10.4 Å². The molecule has 3 rings (SSSR count). The molecule has 0 aliphatic rings. The Kier molecular flexibility index (Phi) is 6.65. The second-order valence-electron chi connectivity index (χ2n) is 7.98. The number of fused-ring (bicyclic) bond motifs is 1. The maximum Gasteiger partial charge on any atom is 0.419 e. The summed E-state index contributed by atoms with van der Waals surface area (Å²) in [5, 5.41) is 2.69. The molecule has 170 valence electrons. The SMILES string of the molecule is CC(=O)c1ccc(NC(=O)C(CC(C)C)NS(=O)(=O)c2ccc3c(c2)oc(=O)n3C)cc1. The Morgan fingerprint density at radius 1 is 1.09 bits per heavy atom. The molecule has 9 nitrogen and oxygen atoms in total. The van der Waals surface area contributed by atoms with E-state index in [1.165, 1.54) is 36.7 Å². The molecule has 1 heterocycles. The highest BCUT2D eigenvalue weighted by Crippen LogP contribution is 2.20. The minimum absolute atomic E-state index is 0.0307. The lowest BCUT2D eigenvalue weighted by Gasteiger charge is -2.20. The van der Waals surface area contributed by atoms with E-state index in [0.29, 0.717) is 16.8 Å². The molecule has 2 N–H and O–H groups in total. The Morgan fingerprint density at radius 2 is 1.75 bits per heavy atom. The fourth-order valence-electron chi connectivity index (χ4n) is 3.23. The lowest BCUT2D eigenvalue weighted by Crippen LogP contribution is -2.44. The Morgan fingerprint density at radius 3 is 2.34 bits per heavy atom. The van der Waals surface area contributed by atoms with E-state index in [1.807, 2.05) is 13.8 Å². The number of sulfonamides is 1. The standard InChI is InChI=1S/C22H25N3O6S/c1-13(2)11-18(21(27)23-16-7-5-15(6-8-16)14(3)26)24-32(29,30)17-9-10-19-20(12-17)31-22(28)25(19)4/h5-10,12-13,18,24H,11H2,1-4H3,(H,23,27). The number of hydrogen-bond acceptors (Lipinski definition) is 6. The maximum atomic E-state index is 13.0. The molecule has 1 atom stereocenters. The van der Waals surface area contributed by atoms with Crippen molar-refractivity contribution in [1.82, 2.24) is 9.29 Å². The summed E-state index contributed by atoms with van der Waals surface area (Å²) in [7, 11) is -2.56. The van der Waals surface area contributed by atoms with Crippen LogP contribution in [-0.4, -0.2) is 30.7 Å². The first-order valence-corrected chi connectivity index (χ1v) is 11.5. The molecule has 2 aromatic carbocycles. The predicted octanol–water partition coefficient (Wildman–Crippen LogP) is 2.67. The monoisotopic (exact) mass is 459 g/mol. The van der Waals surface area contributed by atoms with E-state index in [4.69, 9.17) is 4.42 Å². The average Bonchev–Trinajstić information content (AvgIpc) is 3.00. The number of amides is 1. The van der Waals surface area contributed by atoms with Gasteiger partial charge in [-0.2, -0.15) is 4.72 Å². The molecule has 0 spiro atoms. The number of rotatable bonds is 8. The van der Waals surface area contributed by atoms with Crippen LogP contribution in [0.3, 0.4) is 0 Å². The molecule has 0 aliphatic carbocycles.